The molecule has 2 heterocycles. The third kappa shape index (κ3) is 3.95. The Morgan fingerprint density at radius 2 is 1.90 bits per heavy atom. The van der Waals surface area contributed by atoms with Gasteiger partial charge < -0.3 is 15.5 Å². The van der Waals surface area contributed by atoms with Crippen LogP contribution in [-0.2, 0) is 6.18 Å². The molecule has 6 nitrogen and oxygen atoms in total. The van der Waals surface area contributed by atoms with E-state index in [1.165, 1.54) is 12.3 Å². The second-order valence-electron chi connectivity index (χ2n) is 7.21. The summed E-state index contributed by atoms with van der Waals surface area (Å²) in [6.45, 7) is 0. The van der Waals surface area contributed by atoms with Crippen molar-refractivity contribution in [2.75, 3.05) is 5.32 Å². The molecule has 4 rings (SSSR count). The van der Waals surface area contributed by atoms with Gasteiger partial charge in [-0.15, -0.1) is 10.2 Å². The van der Waals surface area contributed by atoms with Crippen molar-refractivity contribution in [3.8, 4) is 17.0 Å². The summed E-state index contributed by atoms with van der Waals surface area (Å²) in [5.41, 5.74) is -0.556. The standard InChI is InChI=1S/C20H19F3N4O2/c21-20(22,23)11-4-5-15(17(29)8-11)18-16-10-24-7-6-14(16)19(27-26-18)25-12-2-1-3-13(28)9-12/h4-8,10,12-13,28-29H,1-3,9H2,(H,25,27)/t12-,13-/m1/s1. The van der Waals surface area contributed by atoms with Crippen LogP contribution in [0.2, 0.25) is 0 Å². The molecule has 3 N–H and O–H groups in total. The van der Waals surface area contributed by atoms with Crippen molar-refractivity contribution in [1.82, 2.24) is 15.2 Å². The molecule has 9 heteroatoms. The van der Waals surface area contributed by atoms with E-state index >= 15 is 0 Å². The van der Waals surface area contributed by atoms with Crippen LogP contribution in [0.1, 0.15) is 31.2 Å². The quantitative estimate of drug-likeness (QED) is 0.608. The lowest BCUT2D eigenvalue weighted by Gasteiger charge is -2.27. The van der Waals surface area contributed by atoms with Gasteiger partial charge in [0, 0.05) is 34.8 Å². The molecule has 152 valence electrons. The van der Waals surface area contributed by atoms with Gasteiger partial charge >= 0.3 is 6.18 Å². The van der Waals surface area contributed by atoms with Gasteiger partial charge in [0.15, 0.2) is 5.82 Å². The van der Waals surface area contributed by atoms with Gasteiger partial charge in [0.25, 0.3) is 0 Å². The lowest BCUT2D eigenvalue weighted by molar-refractivity contribution is -0.137. The van der Waals surface area contributed by atoms with Crippen LogP contribution in [0, 0.1) is 0 Å². The topological polar surface area (TPSA) is 91.2 Å². The van der Waals surface area contributed by atoms with Crippen LogP contribution in [0.5, 0.6) is 5.75 Å². The number of hydrogen-bond donors (Lipinski definition) is 3. The molecule has 1 aliphatic carbocycles. The molecule has 1 fully saturated rings. The molecular formula is C20H19F3N4O2. The first kappa shape index (κ1) is 19.4. The van der Waals surface area contributed by atoms with Crippen molar-refractivity contribution < 1.29 is 23.4 Å². The van der Waals surface area contributed by atoms with Gasteiger partial charge in [-0.25, -0.2) is 0 Å². The fourth-order valence-corrected chi connectivity index (χ4v) is 3.70. The molecule has 1 aliphatic rings. The van der Waals surface area contributed by atoms with E-state index < -0.39 is 17.5 Å². The van der Waals surface area contributed by atoms with E-state index in [4.69, 9.17) is 0 Å². The average molecular weight is 404 g/mol. The van der Waals surface area contributed by atoms with Gasteiger partial charge in [-0.2, -0.15) is 13.2 Å². The summed E-state index contributed by atoms with van der Waals surface area (Å²) in [7, 11) is 0. The summed E-state index contributed by atoms with van der Waals surface area (Å²) in [5.74, 6) is -0.0213. The second-order valence-corrected chi connectivity index (χ2v) is 7.21. The molecule has 29 heavy (non-hydrogen) atoms. The van der Waals surface area contributed by atoms with Crippen LogP contribution < -0.4 is 5.32 Å². The van der Waals surface area contributed by atoms with Crippen molar-refractivity contribution >= 4 is 16.6 Å². The lowest BCUT2D eigenvalue weighted by atomic mass is 9.93. The summed E-state index contributed by atoms with van der Waals surface area (Å²) in [4.78, 5) is 4.09. The zero-order valence-electron chi connectivity index (χ0n) is 15.3. The molecule has 0 saturated heterocycles. The van der Waals surface area contributed by atoms with Crippen molar-refractivity contribution in [1.29, 1.82) is 0 Å². The number of nitrogens with zero attached hydrogens (tertiary/aromatic N) is 3. The molecule has 0 unspecified atom stereocenters. The zero-order valence-corrected chi connectivity index (χ0v) is 15.3. The number of pyridine rings is 1. The number of aliphatic hydroxyl groups excluding tert-OH is 1. The van der Waals surface area contributed by atoms with Gasteiger partial charge in [0.2, 0.25) is 0 Å². The SMILES string of the molecule is Oc1cc(C(F)(F)F)ccc1-c1nnc(N[C@@H]2CCC[C@@H](O)C2)c2ccncc12. The molecule has 0 spiro atoms. The Bertz CT molecular complexity index is 1040. The predicted octanol–water partition coefficient (Wildman–Crippen LogP) is 4.13. The highest BCUT2D eigenvalue weighted by Crippen LogP contribution is 2.38. The molecule has 0 amide bonds. The van der Waals surface area contributed by atoms with Crippen LogP contribution in [0.4, 0.5) is 19.0 Å². The summed E-state index contributed by atoms with van der Waals surface area (Å²) >= 11 is 0. The highest BCUT2D eigenvalue weighted by molar-refractivity contribution is 6.00. The number of aliphatic hydroxyl groups is 1. The highest BCUT2D eigenvalue weighted by atomic mass is 19.4. The number of aromatic hydroxyl groups is 1. The van der Waals surface area contributed by atoms with E-state index in [-0.39, 0.29) is 23.4 Å². The van der Waals surface area contributed by atoms with E-state index in [0.717, 1.165) is 25.3 Å². The van der Waals surface area contributed by atoms with Crippen LogP contribution >= 0.6 is 0 Å². The number of alkyl halides is 3. The molecule has 0 bridgehead atoms. The number of rotatable bonds is 3. The van der Waals surface area contributed by atoms with Crippen LogP contribution in [0.15, 0.2) is 36.7 Å². The molecule has 1 aromatic carbocycles. The van der Waals surface area contributed by atoms with Crippen LogP contribution in [0.3, 0.4) is 0 Å². The van der Waals surface area contributed by atoms with E-state index in [2.05, 4.69) is 20.5 Å². The molecule has 3 aromatic rings. The van der Waals surface area contributed by atoms with E-state index in [9.17, 15) is 23.4 Å². The van der Waals surface area contributed by atoms with Crippen molar-refractivity contribution in [3.05, 3.63) is 42.2 Å². The van der Waals surface area contributed by atoms with Gasteiger partial charge in [0.05, 0.1) is 11.7 Å². The van der Waals surface area contributed by atoms with Crippen LogP contribution in [0.25, 0.3) is 22.0 Å². The smallest absolute Gasteiger partial charge is 0.416 e. The maximum atomic E-state index is 12.9. The van der Waals surface area contributed by atoms with Gasteiger partial charge in [-0.05, 0) is 49.9 Å². The Morgan fingerprint density at radius 1 is 1.07 bits per heavy atom. The summed E-state index contributed by atoms with van der Waals surface area (Å²) < 4.78 is 38.6. The molecular weight excluding hydrogens is 385 g/mol. The monoisotopic (exact) mass is 404 g/mol. The van der Waals surface area contributed by atoms with Gasteiger partial charge in [-0.1, -0.05) is 0 Å². The normalized spacial score (nSPS) is 20.0. The number of anilines is 1. The second kappa shape index (κ2) is 7.47. The van der Waals surface area contributed by atoms with E-state index in [0.29, 0.717) is 29.1 Å². The van der Waals surface area contributed by atoms with Crippen LogP contribution in [-0.4, -0.2) is 37.5 Å². The molecule has 0 radical (unpaired) electrons. The Labute approximate surface area is 164 Å². The van der Waals surface area contributed by atoms with Crippen molar-refractivity contribution in [2.24, 2.45) is 0 Å². The number of aromatic nitrogens is 3. The first-order valence-corrected chi connectivity index (χ1v) is 9.28. The first-order valence-electron chi connectivity index (χ1n) is 9.28. The molecule has 2 atom stereocenters. The number of benzene rings is 1. The fraction of sp³-hybridized carbons (Fsp3) is 0.350. The first-order chi connectivity index (χ1) is 13.8. The maximum Gasteiger partial charge on any atom is 0.416 e. The Hall–Kier alpha value is -2.94. The molecule has 1 saturated carbocycles. The minimum absolute atomic E-state index is 0.0507. The number of fused-ring (bicyclic) bond motifs is 1. The Kier molecular flexibility index (Phi) is 4.99. The summed E-state index contributed by atoms with van der Waals surface area (Å²) in [6, 6.07) is 4.54. The number of phenolic OH excluding ortho intramolecular Hbond substituents is 1. The average Bonchev–Trinajstić information content (AvgIpc) is 2.68. The number of hydrogen-bond acceptors (Lipinski definition) is 6. The van der Waals surface area contributed by atoms with Gasteiger partial charge in [-0.3, -0.25) is 4.98 Å². The largest absolute Gasteiger partial charge is 0.507 e. The third-order valence-electron chi connectivity index (χ3n) is 5.15. The Balaban J connectivity index is 1.74. The number of nitrogens with one attached hydrogen (secondary N) is 1. The number of halogens is 3. The zero-order chi connectivity index (χ0) is 20.6. The molecule has 0 aliphatic heterocycles. The summed E-state index contributed by atoms with van der Waals surface area (Å²) in [5, 5.41) is 33.0. The van der Waals surface area contributed by atoms with Crippen molar-refractivity contribution in [3.63, 3.8) is 0 Å². The number of phenols is 1. The minimum atomic E-state index is -4.55. The molecule has 2 aromatic heterocycles. The van der Waals surface area contributed by atoms with E-state index in [1.807, 2.05) is 0 Å². The third-order valence-corrected chi connectivity index (χ3v) is 5.15. The van der Waals surface area contributed by atoms with Gasteiger partial charge in [0.1, 0.15) is 11.4 Å². The summed E-state index contributed by atoms with van der Waals surface area (Å²) in [6.07, 6.45) is 1.40. The fourth-order valence-electron chi connectivity index (χ4n) is 3.70. The van der Waals surface area contributed by atoms with Crippen molar-refractivity contribution in [2.45, 2.75) is 44.0 Å². The highest BCUT2D eigenvalue weighted by Gasteiger charge is 2.31. The minimum Gasteiger partial charge on any atom is -0.507 e. The Morgan fingerprint density at radius 3 is 2.62 bits per heavy atom. The lowest BCUT2D eigenvalue weighted by Crippen LogP contribution is -2.30. The maximum absolute atomic E-state index is 12.9. The van der Waals surface area contributed by atoms with E-state index in [1.54, 1.807) is 12.3 Å². The predicted molar refractivity (Wildman–Crippen MR) is 101 cm³/mol.